The quantitative estimate of drug-likeness (QED) is 0.519. The van der Waals surface area contributed by atoms with Crippen molar-refractivity contribution in [2.75, 3.05) is 78.8 Å². The van der Waals surface area contributed by atoms with E-state index >= 15 is 0 Å². The summed E-state index contributed by atoms with van der Waals surface area (Å²) in [5, 5.41) is 0. The van der Waals surface area contributed by atoms with Crippen LogP contribution in [0.4, 0.5) is 0 Å². The van der Waals surface area contributed by atoms with Gasteiger partial charge >= 0.3 is 0 Å². The molecule has 2 saturated heterocycles. The first-order valence-electron chi connectivity index (χ1n) is 11.5. The number of hydrogen-bond donors (Lipinski definition) is 0. The lowest BCUT2D eigenvalue weighted by molar-refractivity contribution is 0.0730. The number of sulfonamides is 1. The van der Waals surface area contributed by atoms with Gasteiger partial charge in [0.05, 0.1) is 18.1 Å². The lowest BCUT2D eigenvalue weighted by Crippen LogP contribution is -2.48. The molecule has 0 bridgehead atoms. The lowest BCUT2D eigenvalue weighted by Gasteiger charge is -2.34. The molecular formula is C24H33N3O5S. The maximum Gasteiger partial charge on any atom is 0.243 e. The van der Waals surface area contributed by atoms with Crippen LogP contribution in [-0.2, 0) is 14.8 Å². The van der Waals surface area contributed by atoms with Gasteiger partial charge in [-0.2, -0.15) is 4.31 Å². The van der Waals surface area contributed by atoms with Crippen molar-refractivity contribution >= 4 is 10.0 Å². The first kappa shape index (κ1) is 24.0. The predicted octanol–water partition coefficient (Wildman–Crippen LogP) is 1.78. The van der Waals surface area contributed by atoms with Crippen LogP contribution in [0.15, 0.2) is 59.5 Å². The van der Waals surface area contributed by atoms with Gasteiger partial charge in [-0.3, -0.25) is 9.80 Å². The van der Waals surface area contributed by atoms with Crippen LogP contribution in [0.5, 0.6) is 11.5 Å². The molecule has 0 aromatic heterocycles. The summed E-state index contributed by atoms with van der Waals surface area (Å²) in [6.07, 6.45) is 0. The Balaban J connectivity index is 1.13. The minimum atomic E-state index is -3.47. The number of hydrogen-bond acceptors (Lipinski definition) is 7. The van der Waals surface area contributed by atoms with E-state index < -0.39 is 10.0 Å². The first-order chi connectivity index (χ1) is 16.1. The Morgan fingerprint density at radius 1 is 0.697 bits per heavy atom. The Kier molecular flexibility index (Phi) is 8.57. The maximum absolute atomic E-state index is 12.7. The number of rotatable bonds is 10. The Morgan fingerprint density at radius 2 is 1.21 bits per heavy atom. The van der Waals surface area contributed by atoms with E-state index in [2.05, 4.69) is 9.80 Å². The van der Waals surface area contributed by atoms with Crippen molar-refractivity contribution in [1.82, 2.24) is 14.1 Å². The van der Waals surface area contributed by atoms with Crippen molar-refractivity contribution in [3.8, 4) is 11.5 Å². The molecule has 2 aromatic carbocycles. The summed E-state index contributed by atoms with van der Waals surface area (Å²) < 4.78 is 43.8. The SMILES string of the molecule is O=S(=O)(c1ccc(OCCN2CCN(CCOc3ccccc3)CC2)cc1)N1CCOCC1. The summed E-state index contributed by atoms with van der Waals surface area (Å²) in [5.41, 5.74) is 0. The maximum atomic E-state index is 12.7. The molecule has 33 heavy (non-hydrogen) atoms. The summed E-state index contributed by atoms with van der Waals surface area (Å²) in [4.78, 5) is 5.11. The smallest absolute Gasteiger partial charge is 0.243 e. The van der Waals surface area contributed by atoms with E-state index in [-0.39, 0.29) is 0 Å². The predicted molar refractivity (Wildman–Crippen MR) is 126 cm³/mol. The molecule has 0 atom stereocenters. The highest BCUT2D eigenvalue weighted by Crippen LogP contribution is 2.20. The van der Waals surface area contributed by atoms with Crippen molar-refractivity contribution in [3.63, 3.8) is 0 Å². The molecule has 0 aliphatic carbocycles. The summed E-state index contributed by atoms with van der Waals surface area (Å²) in [6, 6.07) is 16.6. The second kappa shape index (κ2) is 11.8. The lowest BCUT2D eigenvalue weighted by atomic mass is 10.3. The van der Waals surface area contributed by atoms with Crippen LogP contribution in [-0.4, -0.2) is 101 Å². The number of para-hydroxylation sites is 1. The Bertz CT molecular complexity index is 942. The second-order valence-corrected chi connectivity index (χ2v) is 10.1. The molecule has 2 aliphatic heterocycles. The van der Waals surface area contributed by atoms with Crippen LogP contribution in [0.2, 0.25) is 0 Å². The highest BCUT2D eigenvalue weighted by molar-refractivity contribution is 7.89. The molecule has 180 valence electrons. The molecule has 2 aromatic rings. The van der Waals surface area contributed by atoms with Crippen LogP contribution in [0.3, 0.4) is 0 Å². The number of benzene rings is 2. The van der Waals surface area contributed by atoms with E-state index in [0.717, 1.165) is 45.0 Å². The molecule has 9 heteroatoms. The molecule has 0 N–H and O–H groups in total. The van der Waals surface area contributed by atoms with Gasteiger partial charge in [0.2, 0.25) is 10.0 Å². The first-order valence-corrected chi connectivity index (χ1v) is 13.0. The molecule has 2 fully saturated rings. The normalized spacial score (nSPS) is 18.8. The van der Waals surface area contributed by atoms with Crippen molar-refractivity contribution in [2.45, 2.75) is 4.90 Å². The average Bonchev–Trinajstić information content (AvgIpc) is 2.86. The van der Waals surface area contributed by atoms with Gasteiger partial charge in [0.15, 0.2) is 0 Å². The van der Waals surface area contributed by atoms with Gasteiger partial charge in [0.25, 0.3) is 0 Å². The highest BCUT2D eigenvalue weighted by Gasteiger charge is 2.26. The highest BCUT2D eigenvalue weighted by atomic mass is 32.2. The molecule has 0 radical (unpaired) electrons. The molecule has 0 unspecified atom stereocenters. The third-order valence-electron chi connectivity index (χ3n) is 5.99. The Morgan fingerprint density at radius 3 is 1.76 bits per heavy atom. The molecule has 4 rings (SSSR count). The number of nitrogens with zero attached hydrogens (tertiary/aromatic N) is 3. The largest absolute Gasteiger partial charge is 0.492 e. The monoisotopic (exact) mass is 475 g/mol. The summed E-state index contributed by atoms with van der Waals surface area (Å²) >= 11 is 0. The topological polar surface area (TPSA) is 71.6 Å². The van der Waals surface area contributed by atoms with E-state index in [0.29, 0.717) is 50.2 Å². The van der Waals surface area contributed by atoms with E-state index in [1.165, 1.54) is 4.31 Å². The molecule has 0 spiro atoms. The minimum absolute atomic E-state index is 0.295. The molecule has 0 saturated carbocycles. The number of ether oxygens (including phenoxy) is 3. The summed E-state index contributed by atoms with van der Waals surface area (Å²) in [6.45, 7) is 8.78. The van der Waals surface area contributed by atoms with Gasteiger partial charge in [0.1, 0.15) is 24.7 Å². The van der Waals surface area contributed by atoms with Crippen LogP contribution in [0.25, 0.3) is 0 Å². The van der Waals surface area contributed by atoms with E-state index in [1.54, 1.807) is 24.3 Å². The Hall–Kier alpha value is -2.17. The third-order valence-corrected chi connectivity index (χ3v) is 7.91. The summed E-state index contributed by atoms with van der Waals surface area (Å²) in [7, 11) is -3.47. The van der Waals surface area contributed by atoms with E-state index in [1.807, 2.05) is 30.3 Å². The summed E-state index contributed by atoms with van der Waals surface area (Å²) in [5.74, 6) is 1.60. The van der Waals surface area contributed by atoms with Gasteiger partial charge in [-0.25, -0.2) is 8.42 Å². The van der Waals surface area contributed by atoms with Gasteiger partial charge in [-0.15, -0.1) is 0 Å². The average molecular weight is 476 g/mol. The van der Waals surface area contributed by atoms with Crippen molar-refractivity contribution in [1.29, 1.82) is 0 Å². The number of piperazine rings is 1. The fourth-order valence-corrected chi connectivity index (χ4v) is 5.39. The molecular weight excluding hydrogens is 442 g/mol. The Labute approximate surface area is 196 Å². The zero-order chi connectivity index (χ0) is 22.9. The third kappa shape index (κ3) is 6.91. The molecule has 0 amide bonds. The minimum Gasteiger partial charge on any atom is -0.492 e. The standard InChI is InChI=1S/C24H33N3O5S/c28-33(29,27-16-18-30-19-17-27)24-8-6-23(7-9-24)32-21-15-26-12-10-25(11-13-26)14-20-31-22-4-2-1-3-5-22/h1-9H,10-21H2. The van der Waals surface area contributed by atoms with Crippen LogP contribution < -0.4 is 9.47 Å². The van der Waals surface area contributed by atoms with Crippen molar-refractivity contribution in [3.05, 3.63) is 54.6 Å². The fraction of sp³-hybridized carbons (Fsp3) is 0.500. The van der Waals surface area contributed by atoms with Gasteiger partial charge < -0.3 is 14.2 Å². The van der Waals surface area contributed by atoms with Crippen LogP contribution in [0, 0.1) is 0 Å². The molecule has 8 nitrogen and oxygen atoms in total. The zero-order valence-corrected chi connectivity index (χ0v) is 19.8. The zero-order valence-electron chi connectivity index (χ0n) is 19.0. The molecule has 2 heterocycles. The van der Waals surface area contributed by atoms with Crippen LogP contribution >= 0.6 is 0 Å². The van der Waals surface area contributed by atoms with Gasteiger partial charge in [0, 0.05) is 52.4 Å². The number of morpholine rings is 1. The van der Waals surface area contributed by atoms with Gasteiger partial charge in [-0.1, -0.05) is 18.2 Å². The van der Waals surface area contributed by atoms with E-state index in [4.69, 9.17) is 14.2 Å². The van der Waals surface area contributed by atoms with Crippen LogP contribution in [0.1, 0.15) is 0 Å². The fourth-order valence-electron chi connectivity index (χ4n) is 3.98. The second-order valence-electron chi connectivity index (χ2n) is 8.18. The van der Waals surface area contributed by atoms with Crippen molar-refractivity contribution < 1.29 is 22.6 Å². The molecule has 2 aliphatic rings. The van der Waals surface area contributed by atoms with E-state index in [9.17, 15) is 8.42 Å². The van der Waals surface area contributed by atoms with Crippen molar-refractivity contribution in [2.24, 2.45) is 0 Å². The van der Waals surface area contributed by atoms with Gasteiger partial charge in [-0.05, 0) is 36.4 Å².